The van der Waals surface area contributed by atoms with Crippen LogP contribution in [0.15, 0.2) is 48.5 Å². The summed E-state index contributed by atoms with van der Waals surface area (Å²) < 4.78 is 11.6. The molecule has 6 nitrogen and oxygen atoms in total. The van der Waals surface area contributed by atoms with E-state index in [-0.39, 0.29) is 36.4 Å². The van der Waals surface area contributed by atoms with E-state index in [0.29, 0.717) is 17.9 Å². The lowest BCUT2D eigenvalue weighted by molar-refractivity contribution is -0.117. The van der Waals surface area contributed by atoms with Crippen LogP contribution in [0.2, 0.25) is 0 Å². The largest absolute Gasteiger partial charge is 0.490 e. The second-order valence-electron chi connectivity index (χ2n) is 9.02. The minimum atomic E-state index is -0.456. The number of ether oxygens (including phenoxy) is 2. The van der Waals surface area contributed by atoms with E-state index in [2.05, 4.69) is 26.1 Å². The average Bonchev–Trinajstić information content (AvgIpc) is 2.70. The summed E-state index contributed by atoms with van der Waals surface area (Å²) in [6.07, 6.45) is -0.269. The smallest absolute Gasteiger partial charge is 0.338 e. The zero-order valence-electron chi connectivity index (χ0n) is 19.1. The molecule has 1 amide bonds. The molecule has 0 heterocycles. The van der Waals surface area contributed by atoms with E-state index in [1.807, 2.05) is 26.0 Å². The molecule has 0 saturated carbocycles. The van der Waals surface area contributed by atoms with Crippen molar-refractivity contribution < 1.29 is 19.1 Å². The highest BCUT2D eigenvalue weighted by Crippen LogP contribution is 2.22. The number of benzene rings is 2. The summed E-state index contributed by atoms with van der Waals surface area (Å²) in [6, 6.07) is 14.9. The van der Waals surface area contributed by atoms with Crippen LogP contribution in [0.5, 0.6) is 5.75 Å². The Kier molecular flexibility index (Phi) is 8.63. The van der Waals surface area contributed by atoms with Gasteiger partial charge in [-0.1, -0.05) is 58.9 Å². The lowest BCUT2D eigenvalue weighted by Gasteiger charge is -2.21. The van der Waals surface area contributed by atoms with Gasteiger partial charge in [0.05, 0.1) is 12.0 Å². The lowest BCUT2D eigenvalue weighted by Crippen LogP contribution is -2.38. The Morgan fingerprint density at radius 1 is 1.00 bits per heavy atom. The second kappa shape index (κ2) is 11.0. The van der Waals surface area contributed by atoms with Crippen LogP contribution in [0, 0.1) is 0 Å². The number of esters is 1. The Balaban J connectivity index is 2.00. The maximum absolute atomic E-state index is 12.7. The van der Waals surface area contributed by atoms with Crippen LogP contribution in [0.4, 0.5) is 0 Å². The summed E-state index contributed by atoms with van der Waals surface area (Å²) in [4.78, 5) is 23.7. The fraction of sp³-hybridized carbons (Fsp3) is 0.440. The van der Waals surface area contributed by atoms with E-state index in [4.69, 9.17) is 15.2 Å². The van der Waals surface area contributed by atoms with Crippen molar-refractivity contribution >= 4 is 11.9 Å². The summed E-state index contributed by atoms with van der Waals surface area (Å²) in [7, 11) is 0. The molecule has 0 fully saturated rings. The number of hydrogen-bond acceptors (Lipinski definition) is 5. The standard InChI is InChI=1S/C25H34N2O4/c1-17(2)27-15-22(16-30-21-12-6-18(7-13-21)14-23(26)28)31-24(29)19-8-10-20(11-9-19)25(3,4)5/h6-13,17,22,27H,14-16H2,1-5H3,(H2,26,28)/t22-/m1/s1. The molecule has 3 N–H and O–H groups in total. The second-order valence-corrected chi connectivity index (χ2v) is 9.02. The topological polar surface area (TPSA) is 90.7 Å². The summed E-state index contributed by atoms with van der Waals surface area (Å²) in [6.45, 7) is 11.1. The van der Waals surface area contributed by atoms with Gasteiger partial charge in [-0.2, -0.15) is 0 Å². The number of primary amides is 1. The molecule has 0 aliphatic rings. The molecule has 2 aromatic rings. The molecule has 31 heavy (non-hydrogen) atoms. The van der Waals surface area contributed by atoms with Crippen LogP contribution < -0.4 is 15.8 Å². The first kappa shape index (κ1) is 24.4. The number of rotatable bonds is 10. The number of nitrogens with two attached hydrogens (primary N) is 1. The Hall–Kier alpha value is -2.86. The van der Waals surface area contributed by atoms with Crippen molar-refractivity contribution in [3.8, 4) is 5.75 Å². The van der Waals surface area contributed by atoms with Gasteiger partial charge in [-0.15, -0.1) is 0 Å². The van der Waals surface area contributed by atoms with E-state index in [1.165, 1.54) is 0 Å². The minimum absolute atomic E-state index is 0.0208. The predicted molar refractivity (Wildman–Crippen MR) is 122 cm³/mol. The summed E-state index contributed by atoms with van der Waals surface area (Å²) >= 11 is 0. The lowest BCUT2D eigenvalue weighted by atomic mass is 9.87. The molecule has 0 radical (unpaired) electrons. The molecule has 0 spiro atoms. The van der Waals surface area contributed by atoms with Gasteiger partial charge in [-0.05, 0) is 40.8 Å². The fourth-order valence-electron chi connectivity index (χ4n) is 2.92. The third-order valence-corrected chi connectivity index (χ3v) is 4.75. The van der Waals surface area contributed by atoms with Crippen molar-refractivity contribution in [2.75, 3.05) is 13.2 Å². The van der Waals surface area contributed by atoms with Crippen LogP contribution in [0.3, 0.4) is 0 Å². The van der Waals surface area contributed by atoms with E-state index in [9.17, 15) is 9.59 Å². The zero-order chi connectivity index (χ0) is 23.0. The van der Waals surface area contributed by atoms with Gasteiger partial charge in [0.1, 0.15) is 18.5 Å². The molecule has 0 aliphatic carbocycles. The maximum atomic E-state index is 12.7. The predicted octanol–water partition coefficient (Wildman–Crippen LogP) is 3.61. The molecule has 2 aromatic carbocycles. The highest BCUT2D eigenvalue weighted by Gasteiger charge is 2.19. The number of hydrogen-bond donors (Lipinski definition) is 2. The van der Waals surface area contributed by atoms with Crippen molar-refractivity contribution in [3.05, 3.63) is 65.2 Å². The summed E-state index contributed by atoms with van der Waals surface area (Å²) in [5, 5.41) is 3.29. The summed E-state index contributed by atoms with van der Waals surface area (Å²) in [5.74, 6) is -0.124. The quantitative estimate of drug-likeness (QED) is 0.567. The Morgan fingerprint density at radius 2 is 1.61 bits per heavy atom. The van der Waals surface area contributed by atoms with Crippen LogP contribution in [0.1, 0.15) is 56.1 Å². The number of amides is 1. The third-order valence-electron chi connectivity index (χ3n) is 4.75. The van der Waals surface area contributed by atoms with Crippen molar-refractivity contribution in [1.29, 1.82) is 0 Å². The van der Waals surface area contributed by atoms with Crippen LogP contribution in [0.25, 0.3) is 0 Å². The van der Waals surface area contributed by atoms with Gasteiger partial charge in [0, 0.05) is 12.6 Å². The van der Waals surface area contributed by atoms with E-state index in [1.54, 1.807) is 36.4 Å². The minimum Gasteiger partial charge on any atom is -0.490 e. The van der Waals surface area contributed by atoms with Gasteiger partial charge >= 0.3 is 5.97 Å². The Morgan fingerprint density at radius 3 is 2.13 bits per heavy atom. The molecule has 0 saturated heterocycles. The normalized spacial score (nSPS) is 12.5. The Labute approximate surface area is 185 Å². The highest BCUT2D eigenvalue weighted by atomic mass is 16.6. The van der Waals surface area contributed by atoms with Gasteiger partial charge in [0.25, 0.3) is 0 Å². The number of carbonyl (C=O) groups excluding carboxylic acids is 2. The third kappa shape index (κ3) is 8.42. The van der Waals surface area contributed by atoms with Crippen molar-refractivity contribution in [3.63, 3.8) is 0 Å². The summed E-state index contributed by atoms with van der Waals surface area (Å²) in [5.41, 5.74) is 7.73. The van der Waals surface area contributed by atoms with Gasteiger partial charge in [0.15, 0.2) is 0 Å². The first-order chi connectivity index (χ1) is 14.5. The van der Waals surface area contributed by atoms with Crippen LogP contribution >= 0.6 is 0 Å². The zero-order valence-corrected chi connectivity index (χ0v) is 19.1. The number of nitrogens with one attached hydrogen (secondary N) is 1. The number of carbonyl (C=O) groups is 2. The van der Waals surface area contributed by atoms with Gasteiger partial charge in [-0.3, -0.25) is 4.79 Å². The van der Waals surface area contributed by atoms with E-state index >= 15 is 0 Å². The highest BCUT2D eigenvalue weighted by molar-refractivity contribution is 5.89. The average molecular weight is 427 g/mol. The maximum Gasteiger partial charge on any atom is 0.338 e. The van der Waals surface area contributed by atoms with E-state index in [0.717, 1.165) is 11.1 Å². The fourth-order valence-corrected chi connectivity index (χ4v) is 2.92. The molecule has 0 aliphatic heterocycles. The van der Waals surface area contributed by atoms with Crippen molar-refractivity contribution in [2.24, 2.45) is 5.73 Å². The van der Waals surface area contributed by atoms with E-state index < -0.39 is 6.10 Å². The SMILES string of the molecule is CC(C)NC[C@H](COc1ccc(CC(N)=O)cc1)OC(=O)c1ccc(C(C)(C)C)cc1. The Bertz CT molecular complexity index is 853. The first-order valence-corrected chi connectivity index (χ1v) is 10.6. The molecule has 168 valence electrons. The first-order valence-electron chi connectivity index (χ1n) is 10.6. The molecule has 0 unspecified atom stereocenters. The van der Waals surface area contributed by atoms with Crippen molar-refractivity contribution in [2.45, 2.75) is 58.6 Å². The molecular formula is C25H34N2O4. The molecule has 1 atom stereocenters. The molecule has 0 bridgehead atoms. The van der Waals surface area contributed by atoms with Crippen LogP contribution in [-0.4, -0.2) is 37.2 Å². The van der Waals surface area contributed by atoms with Gasteiger partial charge < -0.3 is 20.5 Å². The van der Waals surface area contributed by atoms with Crippen LogP contribution in [-0.2, 0) is 21.4 Å². The molecule has 0 aromatic heterocycles. The monoisotopic (exact) mass is 426 g/mol. The molecule has 2 rings (SSSR count). The van der Waals surface area contributed by atoms with Gasteiger partial charge in [0.2, 0.25) is 5.91 Å². The van der Waals surface area contributed by atoms with Crippen molar-refractivity contribution in [1.82, 2.24) is 5.32 Å². The molecule has 6 heteroatoms. The van der Waals surface area contributed by atoms with Gasteiger partial charge in [-0.25, -0.2) is 4.79 Å². The molecular weight excluding hydrogens is 392 g/mol.